The first kappa shape index (κ1) is 26.4. The fraction of sp³-hybridized carbons (Fsp3) is 0.208. The van der Waals surface area contributed by atoms with Crippen molar-refractivity contribution in [3.63, 3.8) is 0 Å². The Hall–Kier alpha value is -3.82. The van der Waals surface area contributed by atoms with Crippen molar-refractivity contribution in [2.75, 3.05) is 24.5 Å². The van der Waals surface area contributed by atoms with E-state index >= 15 is 0 Å². The maximum Gasteiger partial charge on any atom is 0.328 e. The molecule has 0 amide bonds. The summed E-state index contributed by atoms with van der Waals surface area (Å²) in [6, 6.07) is 13.9. The minimum atomic E-state index is -1.26. The third kappa shape index (κ3) is 8.97. The maximum atomic E-state index is 10.4. The van der Waals surface area contributed by atoms with E-state index in [1.54, 1.807) is 6.08 Å². The van der Waals surface area contributed by atoms with E-state index in [2.05, 4.69) is 22.3 Å². The molecule has 0 saturated heterocycles. The largest absolute Gasteiger partial charge is 0.487 e. The number of rotatable bonds is 9. The molecule has 0 atom stereocenters. The lowest BCUT2D eigenvalue weighted by molar-refractivity contribution is -0.134. The molecule has 34 heavy (non-hydrogen) atoms. The van der Waals surface area contributed by atoms with Gasteiger partial charge in [-0.05, 0) is 37.2 Å². The lowest BCUT2D eigenvalue weighted by atomic mass is 10.1. The number of benzene rings is 2. The van der Waals surface area contributed by atoms with E-state index in [-0.39, 0.29) is 0 Å². The predicted molar refractivity (Wildman–Crippen MR) is 128 cm³/mol. The smallest absolute Gasteiger partial charge is 0.328 e. The van der Waals surface area contributed by atoms with E-state index in [1.165, 1.54) is 0 Å². The summed E-state index contributed by atoms with van der Waals surface area (Å²) in [4.78, 5) is 31.8. The second kappa shape index (κ2) is 13.7. The number of nitrogens with one attached hydrogen (secondary N) is 1. The molecule has 3 rings (SSSR count). The standard InChI is InChI=1S/C20H21ClN2O3.C4H4O4/c21-16-8-9-19-18(13-16)23(12-4-11-22-10-3-7-20(24)25)17-6-2-1-5-15(17)14-26-19;5-3(6)1-2-4(7)8/h1-3,5-9,13,22H,4,10-12,14H2,(H,24,25);1-2H,(H,5,6)(H,7,8)/b7-3+;2-1-. The van der Waals surface area contributed by atoms with E-state index in [9.17, 15) is 14.4 Å². The van der Waals surface area contributed by atoms with Gasteiger partial charge >= 0.3 is 17.9 Å². The Kier molecular flexibility index (Phi) is 10.6. The van der Waals surface area contributed by atoms with E-state index < -0.39 is 17.9 Å². The topological polar surface area (TPSA) is 136 Å². The Morgan fingerprint density at radius 2 is 1.65 bits per heavy atom. The zero-order chi connectivity index (χ0) is 24.9. The number of para-hydroxylation sites is 1. The van der Waals surface area contributed by atoms with Gasteiger partial charge in [-0.2, -0.15) is 0 Å². The molecule has 9 nitrogen and oxygen atoms in total. The Balaban J connectivity index is 0.000000440. The molecule has 0 fully saturated rings. The van der Waals surface area contributed by atoms with Gasteiger partial charge < -0.3 is 30.3 Å². The molecule has 4 N–H and O–H groups in total. The van der Waals surface area contributed by atoms with Gasteiger partial charge in [0.1, 0.15) is 12.4 Å². The van der Waals surface area contributed by atoms with Crippen molar-refractivity contribution in [1.82, 2.24) is 5.32 Å². The molecule has 0 spiro atoms. The number of fused-ring (bicyclic) bond motifs is 2. The Labute approximate surface area is 201 Å². The molecule has 2 aromatic rings. The molecule has 1 aliphatic heterocycles. The molecule has 0 radical (unpaired) electrons. The van der Waals surface area contributed by atoms with Gasteiger partial charge in [0.05, 0.1) is 5.69 Å². The molecule has 0 bridgehead atoms. The minimum Gasteiger partial charge on any atom is -0.487 e. The van der Waals surface area contributed by atoms with Crippen LogP contribution in [0.5, 0.6) is 5.75 Å². The summed E-state index contributed by atoms with van der Waals surface area (Å²) >= 11 is 6.22. The Morgan fingerprint density at radius 3 is 2.32 bits per heavy atom. The van der Waals surface area contributed by atoms with Gasteiger partial charge in [-0.3, -0.25) is 0 Å². The lowest BCUT2D eigenvalue weighted by Gasteiger charge is -2.26. The van der Waals surface area contributed by atoms with E-state index in [1.807, 2.05) is 30.3 Å². The highest BCUT2D eigenvalue weighted by atomic mass is 35.5. The Morgan fingerprint density at radius 1 is 0.971 bits per heavy atom. The summed E-state index contributed by atoms with van der Waals surface area (Å²) in [5.41, 5.74) is 3.23. The first-order valence-corrected chi connectivity index (χ1v) is 10.7. The zero-order valence-electron chi connectivity index (χ0n) is 18.2. The van der Waals surface area contributed by atoms with Crippen LogP contribution in [0.15, 0.2) is 66.8 Å². The highest BCUT2D eigenvalue weighted by molar-refractivity contribution is 6.31. The number of nitrogens with zero attached hydrogens (tertiary/aromatic N) is 1. The average molecular weight is 489 g/mol. The van der Waals surface area contributed by atoms with Gasteiger partial charge in [-0.1, -0.05) is 35.9 Å². The third-order valence-corrected chi connectivity index (χ3v) is 4.74. The highest BCUT2D eigenvalue weighted by Gasteiger charge is 2.21. The quantitative estimate of drug-likeness (QED) is 0.307. The van der Waals surface area contributed by atoms with E-state index in [0.717, 1.165) is 48.3 Å². The number of anilines is 2. The predicted octanol–water partition coefficient (Wildman–Crippen LogP) is 3.70. The van der Waals surface area contributed by atoms with Crippen LogP contribution in [0.4, 0.5) is 11.4 Å². The second-order valence-corrected chi connectivity index (χ2v) is 7.43. The lowest BCUT2D eigenvalue weighted by Crippen LogP contribution is -2.24. The van der Waals surface area contributed by atoms with Crippen molar-refractivity contribution in [2.24, 2.45) is 0 Å². The van der Waals surface area contributed by atoms with Crippen molar-refractivity contribution in [1.29, 1.82) is 0 Å². The normalized spacial score (nSPS) is 12.2. The van der Waals surface area contributed by atoms with Crippen LogP contribution in [0.25, 0.3) is 0 Å². The van der Waals surface area contributed by atoms with Crippen LogP contribution in [-0.4, -0.2) is 52.9 Å². The minimum absolute atomic E-state index is 0.527. The van der Waals surface area contributed by atoms with Crippen LogP contribution < -0.4 is 15.0 Å². The molecule has 0 aliphatic carbocycles. The summed E-state index contributed by atoms with van der Waals surface area (Å²) in [6.45, 7) is 2.64. The zero-order valence-corrected chi connectivity index (χ0v) is 18.9. The molecule has 0 unspecified atom stereocenters. The number of ether oxygens (including phenoxy) is 1. The molecule has 10 heteroatoms. The number of aliphatic carboxylic acids is 3. The average Bonchev–Trinajstić information content (AvgIpc) is 2.94. The van der Waals surface area contributed by atoms with Gasteiger partial charge in [-0.15, -0.1) is 0 Å². The van der Waals surface area contributed by atoms with Crippen molar-refractivity contribution in [3.8, 4) is 5.75 Å². The van der Waals surface area contributed by atoms with E-state index in [0.29, 0.717) is 30.3 Å². The molecule has 0 aromatic heterocycles. The maximum absolute atomic E-state index is 10.4. The first-order chi connectivity index (χ1) is 16.3. The van der Waals surface area contributed by atoms with Crippen molar-refractivity contribution in [3.05, 3.63) is 77.4 Å². The van der Waals surface area contributed by atoms with Crippen LogP contribution in [0.2, 0.25) is 5.02 Å². The summed E-state index contributed by atoms with van der Waals surface area (Å²) in [7, 11) is 0. The van der Waals surface area contributed by atoms with Crippen LogP contribution in [-0.2, 0) is 21.0 Å². The third-order valence-electron chi connectivity index (χ3n) is 4.50. The van der Waals surface area contributed by atoms with Crippen LogP contribution in [0.1, 0.15) is 12.0 Å². The fourth-order valence-electron chi connectivity index (χ4n) is 3.10. The van der Waals surface area contributed by atoms with Gasteiger partial charge in [0, 0.05) is 47.6 Å². The van der Waals surface area contributed by atoms with Crippen molar-refractivity contribution < 1.29 is 34.4 Å². The molecule has 1 aliphatic rings. The molecule has 180 valence electrons. The number of halogens is 1. The van der Waals surface area contributed by atoms with Gasteiger partial charge in [0.25, 0.3) is 0 Å². The summed E-state index contributed by atoms with van der Waals surface area (Å²) < 4.78 is 5.96. The van der Waals surface area contributed by atoms with Crippen LogP contribution in [0, 0.1) is 0 Å². The molecule has 0 saturated carbocycles. The van der Waals surface area contributed by atoms with Gasteiger partial charge in [-0.25, -0.2) is 14.4 Å². The number of carbonyl (C=O) groups is 3. The molecule has 1 heterocycles. The summed E-state index contributed by atoms with van der Waals surface area (Å²) in [5, 5.41) is 28.1. The summed E-state index contributed by atoms with van der Waals surface area (Å²) in [6.07, 6.45) is 4.76. The molecular weight excluding hydrogens is 464 g/mol. The van der Waals surface area contributed by atoms with E-state index in [4.69, 9.17) is 31.7 Å². The van der Waals surface area contributed by atoms with Crippen LogP contribution in [0.3, 0.4) is 0 Å². The van der Waals surface area contributed by atoms with Crippen molar-refractivity contribution >= 4 is 40.9 Å². The SMILES string of the molecule is O=C(O)/C=C/CNCCCN1c2ccccc2COc2ccc(Cl)cc21.O=C(O)/C=C\C(=O)O. The fourth-order valence-corrected chi connectivity index (χ4v) is 3.26. The number of carboxylic acids is 3. The van der Waals surface area contributed by atoms with Gasteiger partial charge in [0.2, 0.25) is 0 Å². The monoisotopic (exact) mass is 488 g/mol. The highest BCUT2D eigenvalue weighted by Crippen LogP contribution is 2.40. The number of carboxylic acid groups (broad SMARTS) is 3. The first-order valence-electron chi connectivity index (χ1n) is 10.3. The molecule has 2 aromatic carbocycles. The Bertz CT molecular complexity index is 1050. The second-order valence-electron chi connectivity index (χ2n) is 6.99. The van der Waals surface area contributed by atoms with Gasteiger partial charge in [0.15, 0.2) is 0 Å². The molecular formula is C24H25ClN2O7. The summed E-state index contributed by atoms with van der Waals surface area (Å²) in [5.74, 6) is -2.62. The number of hydrogen-bond donors (Lipinski definition) is 4. The van der Waals surface area contributed by atoms with Crippen LogP contribution >= 0.6 is 11.6 Å². The van der Waals surface area contributed by atoms with Crippen molar-refractivity contribution in [2.45, 2.75) is 13.0 Å². The number of hydrogen-bond acceptors (Lipinski definition) is 6.